The maximum absolute atomic E-state index is 14.1. The molecule has 3 N–H and O–H groups in total. The van der Waals surface area contributed by atoms with E-state index in [1.807, 2.05) is 0 Å². The number of carbonyl (C=O) groups is 3. The smallest absolute Gasteiger partial charge is 0.381 e. The summed E-state index contributed by atoms with van der Waals surface area (Å²) < 4.78 is 87.1. The molecule has 228 valence electrons. The van der Waals surface area contributed by atoms with Gasteiger partial charge in [-0.2, -0.15) is 26.3 Å². The Bertz CT molecular complexity index is 1180. The number of ether oxygens (including phenoxy) is 1. The number of nitrogens with two attached hydrogens (primary N) is 1. The molecule has 0 bridgehead atoms. The Balaban J connectivity index is 1.63. The van der Waals surface area contributed by atoms with Gasteiger partial charge in [0.15, 0.2) is 0 Å². The third-order valence-corrected chi connectivity index (χ3v) is 8.72. The third-order valence-electron chi connectivity index (χ3n) is 8.72. The number of alkyl halides is 6. The number of nitrogens with one attached hydrogen (secondary N) is 1. The van der Waals surface area contributed by atoms with Crippen LogP contribution in [0.25, 0.3) is 0 Å². The van der Waals surface area contributed by atoms with Crippen LogP contribution in [0.3, 0.4) is 0 Å². The molecule has 0 aromatic heterocycles. The van der Waals surface area contributed by atoms with Gasteiger partial charge in [0.1, 0.15) is 0 Å². The first-order valence-corrected chi connectivity index (χ1v) is 13.6. The van der Waals surface area contributed by atoms with Crippen molar-refractivity contribution in [3.05, 3.63) is 28.8 Å². The highest BCUT2D eigenvalue weighted by Crippen LogP contribution is 2.49. The SMILES string of the molecule is CC(C)[C@]1(C(=O)N2CCc3c(cc(C(F)(F)F)cc3NC(N)=O)C2)CC[C@@H](N(C(=O)C(F)(F)F)C2CCOCC2)C1. The van der Waals surface area contributed by atoms with Crippen molar-refractivity contribution in [2.45, 2.75) is 83.4 Å². The number of urea groups is 1. The van der Waals surface area contributed by atoms with Gasteiger partial charge in [-0.25, -0.2) is 4.79 Å². The Morgan fingerprint density at radius 3 is 2.29 bits per heavy atom. The fraction of sp³-hybridized carbons (Fsp3) is 0.667. The molecule has 1 aromatic rings. The quantitative estimate of drug-likeness (QED) is 0.478. The van der Waals surface area contributed by atoms with E-state index >= 15 is 0 Å². The minimum absolute atomic E-state index is 0.0170. The molecule has 0 spiro atoms. The van der Waals surface area contributed by atoms with E-state index in [0.717, 1.165) is 17.0 Å². The summed E-state index contributed by atoms with van der Waals surface area (Å²) in [6.07, 6.45) is -8.69. The normalized spacial score (nSPS) is 23.8. The van der Waals surface area contributed by atoms with Gasteiger partial charge in [-0.05, 0) is 67.7 Å². The molecule has 41 heavy (non-hydrogen) atoms. The van der Waals surface area contributed by atoms with Gasteiger partial charge in [-0.15, -0.1) is 0 Å². The molecule has 4 amide bonds. The lowest BCUT2D eigenvalue weighted by atomic mass is 9.73. The molecule has 3 aliphatic rings. The Kier molecular flexibility index (Phi) is 8.55. The fourth-order valence-electron chi connectivity index (χ4n) is 6.59. The van der Waals surface area contributed by atoms with E-state index in [9.17, 15) is 40.7 Å². The first-order valence-electron chi connectivity index (χ1n) is 13.6. The first-order chi connectivity index (χ1) is 19.0. The number of anilines is 1. The highest BCUT2D eigenvalue weighted by molar-refractivity contribution is 5.90. The molecule has 0 radical (unpaired) electrons. The Morgan fingerprint density at radius 1 is 1.07 bits per heavy atom. The van der Waals surface area contributed by atoms with Crippen LogP contribution >= 0.6 is 0 Å². The Labute approximate surface area is 233 Å². The highest BCUT2D eigenvalue weighted by atomic mass is 19.4. The molecular formula is C27H34F6N4O4. The number of primary amides is 1. The predicted molar refractivity (Wildman–Crippen MR) is 135 cm³/mol. The molecule has 2 fully saturated rings. The second-order valence-corrected chi connectivity index (χ2v) is 11.4. The van der Waals surface area contributed by atoms with Crippen molar-refractivity contribution >= 4 is 23.5 Å². The topological polar surface area (TPSA) is 105 Å². The molecule has 2 heterocycles. The van der Waals surface area contributed by atoms with Gasteiger partial charge in [0, 0.05) is 44.1 Å². The summed E-state index contributed by atoms with van der Waals surface area (Å²) in [5, 5.41) is 2.24. The molecule has 4 rings (SSSR count). The average Bonchev–Trinajstić information content (AvgIpc) is 3.33. The molecule has 8 nitrogen and oxygen atoms in total. The maximum atomic E-state index is 14.1. The summed E-state index contributed by atoms with van der Waals surface area (Å²) in [5.74, 6) is -2.61. The van der Waals surface area contributed by atoms with E-state index in [1.165, 1.54) is 4.90 Å². The molecule has 1 saturated heterocycles. The lowest BCUT2D eigenvalue weighted by Gasteiger charge is -2.42. The number of halogens is 6. The van der Waals surface area contributed by atoms with Crippen molar-refractivity contribution in [2.24, 2.45) is 17.1 Å². The van der Waals surface area contributed by atoms with Crippen LogP contribution in [0.15, 0.2) is 12.1 Å². The summed E-state index contributed by atoms with van der Waals surface area (Å²) in [6.45, 7) is 4.00. The average molecular weight is 593 g/mol. The summed E-state index contributed by atoms with van der Waals surface area (Å²) in [5.41, 5.74) is 3.61. The Morgan fingerprint density at radius 2 is 1.73 bits per heavy atom. The number of carbonyl (C=O) groups excluding carboxylic acids is 3. The van der Waals surface area contributed by atoms with Crippen LogP contribution in [0.2, 0.25) is 0 Å². The van der Waals surface area contributed by atoms with E-state index in [0.29, 0.717) is 5.56 Å². The van der Waals surface area contributed by atoms with Gasteiger partial charge in [0.2, 0.25) is 5.91 Å². The minimum Gasteiger partial charge on any atom is -0.381 e. The number of amides is 4. The van der Waals surface area contributed by atoms with Crippen LogP contribution in [0.1, 0.15) is 62.6 Å². The molecule has 1 aromatic carbocycles. The van der Waals surface area contributed by atoms with Crippen molar-refractivity contribution in [3.63, 3.8) is 0 Å². The van der Waals surface area contributed by atoms with Gasteiger partial charge < -0.3 is 25.6 Å². The van der Waals surface area contributed by atoms with Crippen LogP contribution in [-0.2, 0) is 33.5 Å². The van der Waals surface area contributed by atoms with Gasteiger partial charge in [-0.3, -0.25) is 9.59 Å². The van der Waals surface area contributed by atoms with Crippen LogP contribution in [-0.4, -0.2) is 65.7 Å². The number of hydrogen-bond acceptors (Lipinski definition) is 4. The number of rotatable bonds is 5. The zero-order valence-electron chi connectivity index (χ0n) is 22.8. The number of fused-ring (bicyclic) bond motifs is 1. The number of nitrogens with zero attached hydrogens (tertiary/aromatic N) is 2. The van der Waals surface area contributed by atoms with Gasteiger partial charge in [0.05, 0.1) is 11.0 Å². The molecular weight excluding hydrogens is 558 g/mol. The lowest BCUT2D eigenvalue weighted by molar-refractivity contribution is -0.192. The van der Waals surface area contributed by atoms with E-state index in [1.54, 1.807) is 13.8 Å². The Hall–Kier alpha value is -3.03. The second-order valence-electron chi connectivity index (χ2n) is 11.4. The largest absolute Gasteiger partial charge is 0.471 e. The van der Waals surface area contributed by atoms with Crippen molar-refractivity contribution < 1.29 is 45.5 Å². The minimum atomic E-state index is -5.07. The van der Waals surface area contributed by atoms with Crippen molar-refractivity contribution in [3.8, 4) is 0 Å². The van der Waals surface area contributed by atoms with E-state index < -0.39 is 47.4 Å². The molecule has 1 saturated carbocycles. The summed E-state index contributed by atoms with van der Waals surface area (Å²) in [4.78, 5) is 40.5. The first kappa shape index (κ1) is 30.9. The van der Waals surface area contributed by atoms with Crippen molar-refractivity contribution in [1.29, 1.82) is 0 Å². The molecule has 0 unspecified atom stereocenters. The monoisotopic (exact) mass is 592 g/mol. The highest BCUT2D eigenvalue weighted by Gasteiger charge is 2.55. The zero-order valence-corrected chi connectivity index (χ0v) is 22.8. The number of benzene rings is 1. The van der Waals surface area contributed by atoms with Gasteiger partial charge in [0.25, 0.3) is 0 Å². The predicted octanol–water partition coefficient (Wildman–Crippen LogP) is 4.85. The van der Waals surface area contributed by atoms with Crippen LogP contribution in [0.4, 0.5) is 36.8 Å². The van der Waals surface area contributed by atoms with Crippen LogP contribution in [0.5, 0.6) is 0 Å². The summed E-state index contributed by atoms with van der Waals surface area (Å²) >= 11 is 0. The molecule has 14 heteroatoms. The van der Waals surface area contributed by atoms with Crippen LogP contribution < -0.4 is 11.1 Å². The second kappa shape index (κ2) is 11.3. The zero-order chi connectivity index (χ0) is 30.3. The van der Waals surface area contributed by atoms with E-state index in [-0.39, 0.29) is 87.9 Å². The van der Waals surface area contributed by atoms with Crippen molar-refractivity contribution in [2.75, 3.05) is 25.1 Å². The van der Waals surface area contributed by atoms with E-state index in [2.05, 4.69) is 5.32 Å². The fourth-order valence-corrected chi connectivity index (χ4v) is 6.59. The number of hydrogen-bond donors (Lipinski definition) is 2. The maximum Gasteiger partial charge on any atom is 0.471 e. The summed E-state index contributed by atoms with van der Waals surface area (Å²) in [7, 11) is 0. The molecule has 2 atom stereocenters. The van der Waals surface area contributed by atoms with Crippen molar-refractivity contribution in [1.82, 2.24) is 9.80 Å². The summed E-state index contributed by atoms with van der Waals surface area (Å²) in [6, 6.07) is -0.766. The molecule has 2 aliphatic heterocycles. The third kappa shape index (κ3) is 6.26. The van der Waals surface area contributed by atoms with Gasteiger partial charge >= 0.3 is 24.3 Å². The lowest BCUT2D eigenvalue weighted by Crippen LogP contribution is -2.54. The van der Waals surface area contributed by atoms with E-state index in [4.69, 9.17) is 10.5 Å². The van der Waals surface area contributed by atoms with Crippen LogP contribution in [0, 0.1) is 11.3 Å². The standard InChI is InChI=1S/C27H34F6N4O4/c1-15(2)25(7-3-19(13-25)37(23(39)27(31,32)33)18-5-9-41-10-6-18)22(38)36-8-4-20-16(14-36)11-17(26(28,29)30)12-21(20)35-24(34)40/h11-12,15,18-19H,3-10,13-14H2,1-2H3,(H3,34,35,40)/t19-,25+/m1/s1. The molecule has 1 aliphatic carbocycles. The van der Waals surface area contributed by atoms with Gasteiger partial charge in [-0.1, -0.05) is 13.8 Å².